The first-order valence-electron chi connectivity index (χ1n) is 7.74. The molecule has 0 aliphatic carbocycles. The van der Waals surface area contributed by atoms with Crippen molar-refractivity contribution < 1.29 is 27.9 Å². The van der Waals surface area contributed by atoms with Gasteiger partial charge in [0.2, 0.25) is 15.9 Å². The molecular weight excluding hydrogens is 366 g/mol. The first-order valence-corrected chi connectivity index (χ1v) is 9.29. The number of ether oxygens (including phenoxy) is 1. The fourth-order valence-electron chi connectivity index (χ4n) is 2.33. The predicted octanol–water partition coefficient (Wildman–Crippen LogP) is -1.62. The summed E-state index contributed by atoms with van der Waals surface area (Å²) in [6.07, 6.45) is -0.808. The Bertz CT molecular complexity index is 739. The van der Waals surface area contributed by atoms with Crippen molar-refractivity contribution in [3.63, 3.8) is 0 Å². The average Bonchev–Trinajstić information content (AvgIpc) is 3.00. The molecule has 1 saturated heterocycles. The molecule has 12 heteroatoms. The minimum Gasteiger partial charge on any atom is -0.450 e. The van der Waals surface area contributed by atoms with E-state index in [0.717, 1.165) is 5.56 Å². The number of carboxylic acid groups (broad SMARTS) is 1. The summed E-state index contributed by atoms with van der Waals surface area (Å²) in [5.41, 5.74) is 6.45. The van der Waals surface area contributed by atoms with Gasteiger partial charge in [0.05, 0.1) is 17.5 Å². The number of nitrogens with two attached hydrogens (primary N) is 1. The van der Waals surface area contributed by atoms with Gasteiger partial charge >= 0.3 is 6.16 Å². The Labute approximate surface area is 150 Å². The van der Waals surface area contributed by atoms with Crippen LogP contribution in [-0.2, 0) is 26.0 Å². The molecule has 2 rings (SSSR count). The Morgan fingerprint density at radius 3 is 2.65 bits per heavy atom. The zero-order valence-electron chi connectivity index (χ0n) is 13.8. The normalized spacial score (nSPS) is 17.8. The Hall–Kier alpha value is -2.25. The summed E-state index contributed by atoms with van der Waals surface area (Å²) in [6.45, 7) is 0.867. The molecule has 1 aromatic carbocycles. The minimum absolute atomic E-state index is 0.0189. The van der Waals surface area contributed by atoms with Crippen LogP contribution in [0.4, 0.5) is 4.79 Å². The van der Waals surface area contributed by atoms with E-state index in [2.05, 4.69) is 21.0 Å². The molecule has 6 N–H and O–H groups in total. The average molecular weight is 387 g/mol. The van der Waals surface area contributed by atoms with E-state index in [-0.39, 0.29) is 30.0 Å². The molecule has 1 amide bonds. The number of benzene rings is 1. The van der Waals surface area contributed by atoms with E-state index in [1.54, 1.807) is 17.1 Å². The van der Waals surface area contributed by atoms with Gasteiger partial charge in [-0.25, -0.2) is 28.8 Å². The van der Waals surface area contributed by atoms with Gasteiger partial charge in [-0.15, -0.1) is 0 Å². The van der Waals surface area contributed by atoms with E-state index in [1.165, 1.54) is 12.1 Å². The molecule has 1 fully saturated rings. The molecule has 0 unspecified atom stereocenters. The zero-order valence-corrected chi connectivity index (χ0v) is 14.7. The van der Waals surface area contributed by atoms with Crippen LogP contribution in [0, 0.1) is 0 Å². The Morgan fingerprint density at radius 2 is 2.04 bits per heavy atom. The summed E-state index contributed by atoms with van der Waals surface area (Å²) in [6, 6.07) is 5.89. The second-order valence-electron chi connectivity index (χ2n) is 5.70. The highest BCUT2D eigenvalue weighted by molar-refractivity contribution is 7.89. The Balaban J connectivity index is 1.67. The van der Waals surface area contributed by atoms with E-state index in [1.807, 2.05) is 0 Å². The Kier molecular flexibility index (Phi) is 6.88. The van der Waals surface area contributed by atoms with Gasteiger partial charge in [-0.1, -0.05) is 12.1 Å². The van der Waals surface area contributed by atoms with Crippen molar-refractivity contribution in [2.75, 3.05) is 26.2 Å². The molecule has 0 bridgehead atoms. The van der Waals surface area contributed by atoms with Crippen LogP contribution >= 0.6 is 0 Å². The van der Waals surface area contributed by atoms with Gasteiger partial charge in [0.1, 0.15) is 6.61 Å². The first-order chi connectivity index (χ1) is 12.2. The van der Waals surface area contributed by atoms with Crippen molar-refractivity contribution in [1.82, 2.24) is 21.3 Å². The lowest BCUT2D eigenvalue weighted by molar-refractivity contribution is -0.122. The van der Waals surface area contributed by atoms with Crippen LogP contribution in [0.3, 0.4) is 0 Å². The van der Waals surface area contributed by atoms with Crippen LogP contribution in [0.5, 0.6) is 0 Å². The highest BCUT2D eigenvalue weighted by Crippen LogP contribution is 2.08. The molecule has 144 valence electrons. The number of carbonyl (C=O) groups is 2. The number of carbonyl (C=O) groups excluding carboxylic acids is 1. The largest absolute Gasteiger partial charge is 0.505 e. The minimum atomic E-state index is -3.71. The fourth-order valence-corrected chi connectivity index (χ4v) is 2.85. The number of nitrogens with one attached hydrogen (secondary N) is 3. The number of hydrazine groups is 2. The number of primary sulfonamides is 1. The third-order valence-electron chi connectivity index (χ3n) is 3.60. The number of sulfonamides is 1. The lowest BCUT2D eigenvalue weighted by Gasteiger charge is -2.14. The third kappa shape index (κ3) is 6.57. The molecule has 11 nitrogen and oxygen atoms in total. The van der Waals surface area contributed by atoms with Gasteiger partial charge in [-0.3, -0.25) is 4.79 Å². The highest BCUT2D eigenvalue weighted by atomic mass is 32.2. The topological polar surface area (TPSA) is 163 Å². The molecule has 26 heavy (non-hydrogen) atoms. The highest BCUT2D eigenvalue weighted by Gasteiger charge is 2.24. The lowest BCUT2D eigenvalue weighted by atomic mass is 10.1. The van der Waals surface area contributed by atoms with Crippen LogP contribution in [0.15, 0.2) is 29.2 Å². The summed E-state index contributed by atoms with van der Waals surface area (Å²) in [5.74, 6) is -0.208. The number of amides is 1. The van der Waals surface area contributed by atoms with Crippen LogP contribution < -0.4 is 21.4 Å². The number of nitrogens with zero attached hydrogens (tertiary/aromatic N) is 1. The maximum atomic E-state index is 11.9. The Morgan fingerprint density at radius 1 is 1.35 bits per heavy atom. The smallest absolute Gasteiger partial charge is 0.450 e. The molecule has 0 aromatic heterocycles. The number of hydrogen-bond donors (Lipinski definition) is 5. The van der Waals surface area contributed by atoms with Crippen molar-refractivity contribution in [2.45, 2.75) is 17.4 Å². The number of rotatable bonds is 8. The van der Waals surface area contributed by atoms with Gasteiger partial charge in [0.15, 0.2) is 0 Å². The summed E-state index contributed by atoms with van der Waals surface area (Å²) >= 11 is 0. The molecular formula is C14H21N5O6S. The van der Waals surface area contributed by atoms with Gasteiger partial charge in [0, 0.05) is 13.1 Å². The molecule has 1 aliphatic rings. The van der Waals surface area contributed by atoms with Gasteiger partial charge in [-0.05, 0) is 24.1 Å². The second-order valence-corrected chi connectivity index (χ2v) is 7.26. The molecule has 0 radical (unpaired) electrons. The maximum Gasteiger partial charge on any atom is 0.505 e. The van der Waals surface area contributed by atoms with Crippen LogP contribution in [0.25, 0.3) is 0 Å². The van der Waals surface area contributed by atoms with E-state index in [4.69, 9.17) is 10.2 Å². The van der Waals surface area contributed by atoms with Gasteiger partial charge < -0.3 is 15.2 Å². The summed E-state index contributed by atoms with van der Waals surface area (Å²) in [4.78, 5) is 22.3. The molecule has 1 atom stereocenters. The summed E-state index contributed by atoms with van der Waals surface area (Å²) in [5, 5.41) is 17.8. The van der Waals surface area contributed by atoms with Crippen molar-refractivity contribution >= 4 is 22.1 Å². The lowest BCUT2D eigenvalue weighted by Crippen LogP contribution is -2.43. The third-order valence-corrected chi connectivity index (χ3v) is 4.53. The summed E-state index contributed by atoms with van der Waals surface area (Å²) in [7, 11) is -3.71. The standard InChI is InChI=1S/C14H21N5O6S/c15-26(23,24)12-3-1-10(2-4-12)5-6-16-13(20)8-19-7-11(17-18-19)9-25-14(21)22/h1-4,11,17-18H,5-9H2,(H,16,20)(H,21,22)(H2,15,23,24)/t11-/m1/s1. The molecule has 0 spiro atoms. The van der Waals surface area contributed by atoms with Crippen LogP contribution in [-0.4, -0.2) is 62.9 Å². The summed E-state index contributed by atoms with van der Waals surface area (Å²) < 4.78 is 26.8. The van der Waals surface area contributed by atoms with Crippen molar-refractivity contribution in [2.24, 2.45) is 5.14 Å². The number of hydrogen-bond acceptors (Lipinski definition) is 8. The second kappa shape index (κ2) is 8.91. The molecule has 1 heterocycles. The van der Waals surface area contributed by atoms with Crippen molar-refractivity contribution in [3.8, 4) is 0 Å². The molecule has 0 saturated carbocycles. The quantitative estimate of drug-likeness (QED) is 0.330. The van der Waals surface area contributed by atoms with Gasteiger partial charge in [-0.2, -0.15) is 5.53 Å². The van der Waals surface area contributed by atoms with E-state index >= 15 is 0 Å². The zero-order chi connectivity index (χ0) is 19.2. The maximum absolute atomic E-state index is 11.9. The van der Waals surface area contributed by atoms with Gasteiger partial charge in [0.25, 0.3) is 0 Å². The SMILES string of the molecule is NS(=O)(=O)c1ccc(CCNC(=O)CN2C[C@H](COC(=O)O)NN2)cc1. The van der Waals surface area contributed by atoms with Crippen LogP contribution in [0.1, 0.15) is 5.56 Å². The van der Waals surface area contributed by atoms with E-state index < -0.39 is 16.2 Å². The fraction of sp³-hybridized carbons (Fsp3) is 0.429. The predicted molar refractivity (Wildman–Crippen MR) is 90.1 cm³/mol. The van der Waals surface area contributed by atoms with E-state index in [0.29, 0.717) is 19.5 Å². The van der Waals surface area contributed by atoms with Crippen molar-refractivity contribution in [1.29, 1.82) is 0 Å². The molecule has 1 aromatic rings. The van der Waals surface area contributed by atoms with Crippen molar-refractivity contribution in [3.05, 3.63) is 29.8 Å². The first kappa shape index (κ1) is 20.1. The monoisotopic (exact) mass is 387 g/mol. The van der Waals surface area contributed by atoms with E-state index in [9.17, 15) is 18.0 Å². The van der Waals surface area contributed by atoms with Crippen LogP contribution in [0.2, 0.25) is 0 Å². The molecule has 1 aliphatic heterocycles.